The van der Waals surface area contributed by atoms with Gasteiger partial charge in [0.05, 0.1) is 12.7 Å². The maximum atomic E-state index is 12.5. The summed E-state index contributed by atoms with van der Waals surface area (Å²) in [5, 5.41) is 8.62. The van der Waals surface area contributed by atoms with E-state index in [0.29, 0.717) is 6.29 Å². The number of rotatable bonds is 3. The first-order chi connectivity index (χ1) is 7.13. The lowest BCUT2D eigenvalue weighted by Crippen LogP contribution is -2.01. The number of halogens is 2. The average molecular weight is 212 g/mol. The Balaban J connectivity index is 3.47. The van der Waals surface area contributed by atoms with Crippen molar-refractivity contribution in [1.29, 1.82) is 5.26 Å². The fourth-order valence-corrected chi connectivity index (χ4v) is 1.09. The Bertz CT molecular complexity index is 427. The van der Waals surface area contributed by atoms with Gasteiger partial charge in [0.25, 0.3) is 6.43 Å². The molecule has 0 aliphatic heterocycles. The van der Waals surface area contributed by atoms with Gasteiger partial charge in [-0.25, -0.2) is 13.8 Å². The van der Waals surface area contributed by atoms with Gasteiger partial charge in [0, 0.05) is 0 Å². The summed E-state index contributed by atoms with van der Waals surface area (Å²) in [5.74, 6) is -0.293. The summed E-state index contributed by atoms with van der Waals surface area (Å²) in [6.07, 6.45) is -2.53. The molecule has 0 aliphatic carbocycles. The predicted molar refractivity (Wildman–Crippen MR) is 45.8 cm³/mol. The summed E-state index contributed by atoms with van der Waals surface area (Å²) in [7, 11) is 1.16. The highest BCUT2D eigenvalue weighted by molar-refractivity contribution is 5.73. The Hall–Kier alpha value is -2.03. The molecule has 1 aromatic heterocycles. The van der Waals surface area contributed by atoms with Gasteiger partial charge in [0.15, 0.2) is 17.7 Å². The van der Waals surface area contributed by atoms with E-state index in [-0.39, 0.29) is 17.1 Å². The van der Waals surface area contributed by atoms with Crippen molar-refractivity contribution in [2.45, 2.75) is 6.43 Å². The van der Waals surface area contributed by atoms with Crippen molar-refractivity contribution in [3.05, 3.63) is 23.0 Å². The highest BCUT2D eigenvalue weighted by atomic mass is 19.3. The van der Waals surface area contributed by atoms with E-state index < -0.39 is 12.0 Å². The molecule has 0 N–H and O–H groups in total. The number of hydrogen-bond donors (Lipinski definition) is 0. The van der Waals surface area contributed by atoms with E-state index in [1.807, 2.05) is 0 Å². The molecule has 4 nitrogen and oxygen atoms in total. The Morgan fingerprint density at radius 3 is 2.73 bits per heavy atom. The summed E-state index contributed by atoms with van der Waals surface area (Å²) in [5.41, 5.74) is -1.05. The highest BCUT2D eigenvalue weighted by Crippen LogP contribution is 2.31. The van der Waals surface area contributed by atoms with Crippen LogP contribution < -0.4 is 4.74 Å². The monoisotopic (exact) mass is 212 g/mol. The number of aldehydes is 1. The van der Waals surface area contributed by atoms with Gasteiger partial charge >= 0.3 is 0 Å². The molecule has 0 atom stereocenters. The minimum atomic E-state index is -2.83. The molecule has 0 bridgehead atoms. The fourth-order valence-electron chi connectivity index (χ4n) is 1.09. The predicted octanol–water partition coefficient (Wildman–Crippen LogP) is 1.71. The Kier molecular flexibility index (Phi) is 3.29. The van der Waals surface area contributed by atoms with Crippen LogP contribution in [0.1, 0.15) is 28.2 Å². The molecule has 6 heteroatoms. The molecule has 1 heterocycles. The lowest BCUT2D eigenvalue weighted by molar-refractivity contribution is 0.111. The number of methoxy groups -OCH3 is 1. The van der Waals surface area contributed by atoms with Crippen LogP contribution in [0.2, 0.25) is 0 Å². The largest absolute Gasteiger partial charge is 0.493 e. The zero-order valence-corrected chi connectivity index (χ0v) is 7.70. The van der Waals surface area contributed by atoms with Crippen LogP contribution >= 0.6 is 0 Å². The van der Waals surface area contributed by atoms with Gasteiger partial charge in [0.2, 0.25) is 0 Å². The van der Waals surface area contributed by atoms with Gasteiger partial charge in [-0.2, -0.15) is 5.26 Å². The second kappa shape index (κ2) is 4.46. The molecule has 0 fully saturated rings. The van der Waals surface area contributed by atoms with Gasteiger partial charge in [-0.3, -0.25) is 4.79 Å². The van der Waals surface area contributed by atoms with Crippen molar-refractivity contribution in [1.82, 2.24) is 4.98 Å². The van der Waals surface area contributed by atoms with Crippen LogP contribution in [0.3, 0.4) is 0 Å². The molecule has 0 aliphatic rings. The number of ether oxygens (including phenoxy) is 1. The van der Waals surface area contributed by atoms with Crippen LogP contribution in [0, 0.1) is 11.3 Å². The molecule has 15 heavy (non-hydrogen) atoms. The Morgan fingerprint density at radius 1 is 1.67 bits per heavy atom. The summed E-state index contributed by atoms with van der Waals surface area (Å²) >= 11 is 0. The molecule has 78 valence electrons. The van der Waals surface area contributed by atoms with Crippen LogP contribution in [-0.4, -0.2) is 18.4 Å². The first kappa shape index (κ1) is 11.0. The summed E-state index contributed by atoms with van der Waals surface area (Å²) in [6, 6.07) is 2.49. The molecule has 0 amide bonds. The van der Waals surface area contributed by atoms with Gasteiger partial charge in [-0.15, -0.1) is 0 Å². The zero-order chi connectivity index (χ0) is 11.4. The molecule has 0 saturated carbocycles. The van der Waals surface area contributed by atoms with E-state index >= 15 is 0 Å². The van der Waals surface area contributed by atoms with Crippen LogP contribution in [0.4, 0.5) is 8.78 Å². The molecule has 0 unspecified atom stereocenters. The molecule has 1 rings (SSSR count). The second-order valence-electron chi connectivity index (χ2n) is 2.55. The summed E-state index contributed by atoms with van der Waals surface area (Å²) < 4.78 is 29.7. The number of aromatic nitrogens is 1. The Labute approximate surface area is 84.1 Å². The van der Waals surface area contributed by atoms with E-state index in [0.717, 1.165) is 13.2 Å². The third-order valence-corrected chi connectivity index (χ3v) is 1.69. The fraction of sp³-hybridized carbons (Fsp3) is 0.222. The number of carbonyl (C=O) groups is 1. The van der Waals surface area contributed by atoms with Crippen LogP contribution in [0.5, 0.6) is 5.75 Å². The third kappa shape index (κ3) is 2.07. The number of pyridine rings is 1. The summed E-state index contributed by atoms with van der Waals surface area (Å²) in [4.78, 5) is 13.9. The van der Waals surface area contributed by atoms with Gasteiger partial charge in [0.1, 0.15) is 11.8 Å². The van der Waals surface area contributed by atoms with E-state index in [1.54, 1.807) is 6.07 Å². The molecule has 0 radical (unpaired) electrons. The van der Waals surface area contributed by atoms with Gasteiger partial charge in [-0.1, -0.05) is 0 Å². The number of carbonyl (C=O) groups excluding carboxylic acids is 1. The van der Waals surface area contributed by atoms with Crippen molar-refractivity contribution in [2.75, 3.05) is 7.11 Å². The molecule has 0 aromatic carbocycles. The first-order valence-corrected chi connectivity index (χ1v) is 3.86. The van der Waals surface area contributed by atoms with E-state index in [2.05, 4.69) is 9.72 Å². The summed E-state index contributed by atoms with van der Waals surface area (Å²) in [6.45, 7) is 0. The molecule has 1 aromatic rings. The minimum Gasteiger partial charge on any atom is -0.493 e. The van der Waals surface area contributed by atoms with Crippen LogP contribution in [0.25, 0.3) is 0 Å². The number of nitriles is 1. The maximum Gasteiger partial charge on any atom is 0.267 e. The standard InChI is InChI=1S/C9H6F2N2O2/c1-15-8-6(9(10)11)2-5(4-14)13-7(8)3-12/h2,4,9H,1H3. The molecule has 0 spiro atoms. The number of hydrogen-bond acceptors (Lipinski definition) is 4. The molecular formula is C9H6F2N2O2. The maximum absolute atomic E-state index is 12.5. The third-order valence-electron chi connectivity index (χ3n) is 1.69. The van der Waals surface area contributed by atoms with Crippen molar-refractivity contribution in [3.8, 4) is 11.8 Å². The average Bonchev–Trinajstić information content (AvgIpc) is 2.26. The normalized spacial score (nSPS) is 9.80. The van der Waals surface area contributed by atoms with Crippen molar-refractivity contribution in [2.24, 2.45) is 0 Å². The minimum absolute atomic E-state index is 0.220. The van der Waals surface area contributed by atoms with Gasteiger partial charge in [-0.05, 0) is 6.07 Å². The SMILES string of the molecule is COc1c(C(F)F)cc(C=O)nc1C#N. The first-order valence-electron chi connectivity index (χ1n) is 3.86. The molecular weight excluding hydrogens is 206 g/mol. The van der Waals surface area contributed by atoms with Crippen LogP contribution in [-0.2, 0) is 0 Å². The lowest BCUT2D eigenvalue weighted by atomic mass is 10.1. The second-order valence-corrected chi connectivity index (χ2v) is 2.55. The zero-order valence-electron chi connectivity index (χ0n) is 7.70. The lowest BCUT2D eigenvalue weighted by Gasteiger charge is -2.08. The Morgan fingerprint density at radius 2 is 2.33 bits per heavy atom. The smallest absolute Gasteiger partial charge is 0.267 e. The molecule has 0 saturated heterocycles. The van der Waals surface area contributed by atoms with E-state index in [1.165, 1.54) is 0 Å². The van der Waals surface area contributed by atoms with Crippen molar-refractivity contribution in [3.63, 3.8) is 0 Å². The van der Waals surface area contributed by atoms with Crippen LogP contribution in [0.15, 0.2) is 6.07 Å². The van der Waals surface area contributed by atoms with Crippen molar-refractivity contribution < 1.29 is 18.3 Å². The quantitative estimate of drug-likeness (QED) is 0.715. The van der Waals surface area contributed by atoms with E-state index in [4.69, 9.17) is 5.26 Å². The van der Waals surface area contributed by atoms with Crippen molar-refractivity contribution >= 4 is 6.29 Å². The van der Waals surface area contributed by atoms with E-state index in [9.17, 15) is 13.6 Å². The number of nitrogens with zero attached hydrogens (tertiary/aromatic N) is 2. The topological polar surface area (TPSA) is 63.0 Å². The number of alkyl halides is 2. The van der Waals surface area contributed by atoms with Gasteiger partial charge < -0.3 is 4.74 Å². The highest BCUT2D eigenvalue weighted by Gasteiger charge is 2.19.